The maximum Gasteiger partial charge on any atom is 0.205 e. The predicted octanol–water partition coefficient (Wildman–Crippen LogP) is 2.07. The molecule has 0 spiro atoms. The average Bonchev–Trinajstić information content (AvgIpc) is 2.47. The second kappa shape index (κ2) is 4.77. The van der Waals surface area contributed by atoms with Crippen LogP contribution in [0.4, 0.5) is 5.13 Å². The van der Waals surface area contributed by atoms with Crippen molar-refractivity contribution in [3.8, 4) is 0 Å². The van der Waals surface area contributed by atoms with Crippen molar-refractivity contribution in [1.82, 2.24) is 9.36 Å². The fraction of sp³-hybridized carbons (Fsp3) is 0.714. The van der Waals surface area contributed by atoms with Gasteiger partial charge in [-0.25, -0.2) is 4.98 Å². The highest BCUT2D eigenvalue weighted by molar-refractivity contribution is 9.09. The third-order valence-corrected chi connectivity index (χ3v) is 2.75. The van der Waals surface area contributed by atoms with Gasteiger partial charge in [0, 0.05) is 30.0 Å². The van der Waals surface area contributed by atoms with Crippen molar-refractivity contribution in [1.29, 1.82) is 0 Å². The molecule has 68 valence electrons. The number of rotatable bonds is 4. The summed E-state index contributed by atoms with van der Waals surface area (Å²) in [5, 5.41) is 1.99. The molecule has 0 radical (unpaired) electrons. The van der Waals surface area contributed by atoms with Crippen molar-refractivity contribution in [3.63, 3.8) is 0 Å². The second-order valence-corrected chi connectivity index (χ2v) is 3.92. The van der Waals surface area contributed by atoms with Crippen molar-refractivity contribution >= 4 is 32.6 Å². The van der Waals surface area contributed by atoms with Crippen molar-refractivity contribution in [3.05, 3.63) is 5.82 Å². The lowest BCUT2D eigenvalue weighted by molar-refractivity contribution is 0.865. The van der Waals surface area contributed by atoms with Gasteiger partial charge in [-0.05, 0) is 13.8 Å². The Labute approximate surface area is 85.1 Å². The zero-order valence-corrected chi connectivity index (χ0v) is 9.65. The highest BCUT2D eigenvalue weighted by Gasteiger charge is 2.07. The summed E-state index contributed by atoms with van der Waals surface area (Å²) in [5.41, 5.74) is 0. The molecule has 1 rings (SSSR count). The van der Waals surface area contributed by atoms with Crippen LogP contribution in [0.1, 0.15) is 12.7 Å². The largest absolute Gasteiger partial charge is 0.346 e. The molecule has 1 heterocycles. The summed E-state index contributed by atoms with van der Waals surface area (Å²) in [7, 11) is 0. The van der Waals surface area contributed by atoms with Gasteiger partial charge in [-0.3, -0.25) is 0 Å². The minimum absolute atomic E-state index is 0.864. The summed E-state index contributed by atoms with van der Waals surface area (Å²) in [5.74, 6) is 0.864. The summed E-state index contributed by atoms with van der Waals surface area (Å²) in [6.45, 7) is 6.02. The number of aromatic nitrogens is 2. The zero-order valence-electron chi connectivity index (χ0n) is 7.25. The Morgan fingerprint density at radius 2 is 2.33 bits per heavy atom. The molecule has 0 aromatic carbocycles. The number of aryl methyl sites for hydroxylation is 1. The number of halogens is 1. The Morgan fingerprint density at radius 1 is 1.58 bits per heavy atom. The normalized spacial score (nSPS) is 10.2. The van der Waals surface area contributed by atoms with Crippen LogP contribution in [-0.2, 0) is 0 Å². The lowest BCUT2D eigenvalue weighted by Crippen LogP contribution is -2.24. The molecule has 5 heteroatoms. The van der Waals surface area contributed by atoms with E-state index in [0.717, 1.165) is 29.4 Å². The predicted molar refractivity (Wildman–Crippen MR) is 56.3 cm³/mol. The number of alkyl halides is 1. The smallest absolute Gasteiger partial charge is 0.205 e. The fourth-order valence-corrected chi connectivity index (χ4v) is 2.10. The van der Waals surface area contributed by atoms with Gasteiger partial charge in [-0.1, -0.05) is 15.9 Å². The number of hydrogen-bond acceptors (Lipinski definition) is 4. The van der Waals surface area contributed by atoms with Gasteiger partial charge in [0.2, 0.25) is 5.13 Å². The van der Waals surface area contributed by atoms with Crippen LogP contribution in [0.3, 0.4) is 0 Å². The maximum atomic E-state index is 4.31. The number of anilines is 1. The van der Waals surface area contributed by atoms with Crippen LogP contribution in [0.15, 0.2) is 0 Å². The van der Waals surface area contributed by atoms with E-state index >= 15 is 0 Å². The molecule has 0 aliphatic heterocycles. The number of hydrogen-bond donors (Lipinski definition) is 0. The zero-order chi connectivity index (χ0) is 8.97. The van der Waals surface area contributed by atoms with E-state index in [4.69, 9.17) is 0 Å². The van der Waals surface area contributed by atoms with Crippen molar-refractivity contribution in [2.24, 2.45) is 0 Å². The molecule has 1 aromatic rings. The first-order valence-corrected chi connectivity index (χ1v) is 5.78. The van der Waals surface area contributed by atoms with E-state index in [1.165, 1.54) is 11.5 Å². The van der Waals surface area contributed by atoms with Gasteiger partial charge in [0.1, 0.15) is 5.82 Å². The summed E-state index contributed by atoms with van der Waals surface area (Å²) in [6, 6.07) is 0. The molecule has 0 bridgehead atoms. The molecule has 12 heavy (non-hydrogen) atoms. The van der Waals surface area contributed by atoms with E-state index in [9.17, 15) is 0 Å². The van der Waals surface area contributed by atoms with Gasteiger partial charge in [-0.2, -0.15) is 4.37 Å². The van der Waals surface area contributed by atoms with Gasteiger partial charge < -0.3 is 4.90 Å². The minimum Gasteiger partial charge on any atom is -0.346 e. The Bertz CT molecular complexity index is 238. The van der Waals surface area contributed by atoms with E-state index in [1.54, 1.807) is 0 Å². The summed E-state index contributed by atoms with van der Waals surface area (Å²) < 4.78 is 4.14. The summed E-state index contributed by atoms with van der Waals surface area (Å²) in [4.78, 5) is 6.52. The van der Waals surface area contributed by atoms with Crippen molar-refractivity contribution in [2.45, 2.75) is 13.8 Å². The summed E-state index contributed by atoms with van der Waals surface area (Å²) >= 11 is 4.88. The van der Waals surface area contributed by atoms with Crippen LogP contribution in [0, 0.1) is 6.92 Å². The maximum absolute atomic E-state index is 4.31. The van der Waals surface area contributed by atoms with Crippen LogP contribution in [0.5, 0.6) is 0 Å². The number of nitrogens with zero attached hydrogens (tertiary/aromatic N) is 3. The Hall–Kier alpha value is -0.160. The summed E-state index contributed by atoms with van der Waals surface area (Å²) in [6.07, 6.45) is 0. The second-order valence-electron chi connectivity index (χ2n) is 2.39. The van der Waals surface area contributed by atoms with Crippen LogP contribution in [0.25, 0.3) is 0 Å². The molecule has 0 unspecified atom stereocenters. The quantitative estimate of drug-likeness (QED) is 0.766. The van der Waals surface area contributed by atoms with Crippen LogP contribution in [0.2, 0.25) is 0 Å². The van der Waals surface area contributed by atoms with Crippen LogP contribution in [-0.4, -0.2) is 27.8 Å². The van der Waals surface area contributed by atoms with Crippen LogP contribution < -0.4 is 4.90 Å². The van der Waals surface area contributed by atoms with Gasteiger partial charge in [-0.15, -0.1) is 0 Å². The average molecular weight is 250 g/mol. The lowest BCUT2D eigenvalue weighted by atomic mass is 10.6. The molecule has 0 aliphatic carbocycles. The molecule has 0 N–H and O–H groups in total. The first-order valence-electron chi connectivity index (χ1n) is 3.89. The van der Waals surface area contributed by atoms with Gasteiger partial charge >= 0.3 is 0 Å². The molecular formula is C7H12BrN3S. The van der Waals surface area contributed by atoms with Gasteiger partial charge in [0.05, 0.1) is 0 Å². The minimum atomic E-state index is 0.864. The monoisotopic (exact) mass is 249 g/mol. The standard InChI is InChI=1S/C7H12BrN3S/c1-3-11(5-4-8)7-9-6(2)10-12-7/h3-5H2,1-2H3. The molecular weight excluding hydrogens is 238 g/mol. The molecule has 3 nitrogen and oxygen atoms in total. The van der Waals surface area contributed by atoms with E-state index in [-0.39, 0.29) is 0 Å². The van der Waals surface area contributed by atoms with E-state index in [1.807, 2.05) is 6.92 Å². The van der Waals surface area contributed by atoms with Crippen molar-refractivity contribution < 1.29 is 0 Å². The first kappa shape index (κ1) is 9.92. The van der Waals surface area contributed by atoms with Crippen molar-refractivity contribution in [2.75, 3.05) is 23.3 Å². The first-order chi connectivity index (χ1) is 5.77. The molecule has 0 aliphatic rings. The van der Waals surface area contributed by atoms with E-state index < -0.39 is 0 Å². The molecule has 0 amide bonds. The highest BCUT2D eigenvalue weighted by Crippen LogP contribution is 2.16. The van der Waals surface area contributed by atoms with E-state index in [0.29, 0.717) is 0 Å². The molecule has 0 saturated heterocycles. The van der Waals surface area contributed by atoms with Gasteiger partial charge in [0.25, 0.3) is 0 Å². The Balaban J connectivity index is 2.66. The Kier molecular flexibility index (Phi) is 3.94. The Morgan fingerprint density at radius 3 is 2.75 bits per heavy atom. The third-order valence-electron chi connectivity index (χ3n) is 1.52. The highest BCUT2D eigenvalue weighted by atomic mass is 79.9. The molecule has 0 fully saturated rings. The van der Waals surface area contributed by atoms with E-state index in [2.05, 4.69) is 37.1 Å². The molecule has 1 aromatic heterocycles. The van der Waals surface area contributed by atoms with Gasteiger partial charge in [0.15, 0.2) is 0 Å². The molecule has 0 atom stereocenters. The van der Waals surface area contributed by atoms with Crippen LogP contribution >= 0.6 is 27.5 Å². The lowest BCUT2D eigenvalue weighted by Gasteiger charge is -2.16. The topological polar surface area (TPSA) is 29.0 Å². The SMILES string of the molecule is CCN(CCBr)c1nc(C)ns1. The third kappa shape index (κ3) is 2.42. The molecule has 0 saturated carbocycles. The fourth-order valence-electron chi connectivity index (χ4n) is 0.906.